The Morgan fingerprint density at radius 3 is 2.14 bits per heavy atom. The van der Waals surface area contributed by atoms with Crippen molar-refractivity contribution in [3.63, 3.8) is 0 Å². The summed E-state index contributed by atoms with van der Waals surface area (Å²) in [7, 11) is 0. The minimum atomic E-state index is -1.04. The molecule has 0 bridgehead atoms. The summed E-state index contributed by atoms with van der Waals surface area (Å²) in [5.41, 5.74) is 1.47. The molecule has 0 atom stereocenters. The Morgan fingerprint density at radius 1 is 0.786 bits per heavy atom. The van der Waals surface area contributed by atoms with E-state index in [-0.39, 0.29) is 0 Å². The molecule has 0 heterocycles. The molecule has 2 aromatic rings. The summed E-state index contributed by atoms with van der Waals surface area (Å²) in [4.78, 5) is 0. The molecule has 0 saturated carbocycles. The van der Waals surface area contributed by atoms with E-state index in [0.717, 1.165) is 0 Å². The molecular weight excluding hydrogens is 357 g/mol. The number of aryl methyl sites for hydroxylation is 1. The average Bonchev–Trinajstić information content (AvgIpc) is 2.23. The predicted octanol–water partition coefficient (Wildman–Crippen LogP) is 2.03. The van der Waals surface area contributed by atoms with E-state index >= 15 is 0 Å². The van der Waals surface area contributed by atoms with Crippen molar-refractivity contribution in [3.05, 3.63) is 60.2 Å². The zero-order valence-corrected chi connectivity index (χ0v) is 13.9. The fourth-order valence-corrected chi connectivity index (χ4v) is 7.84. The van der Waals surface area contributed by atoms with E-state index in [1.54, 1.807) is 6.14 Å². The van der Waals surface area contributed by atoms with E-state index in [4.69, 9.17) is 0 Å². The summed E-state index contributed by atoms with van der Waals surface area (Å²) >= 11 is -1.04. The van der Waals surface area contributed by atoms with Crippen LogP contribution in [0.4, 0.5) is 0 Å². The van der Waals surface area contributed by atoms with E-state index in [2.05, 4.69) is 61.5 Å². The Morgan fingerprint density at radius 2 is 1.43 bits per heavy atom. The molecule has 0 amide bonds. The van der Waals surface area contributed by atoms with Crippen molar-refractivity contribution in [2.45, 2.75) is 6.92 Å². The second kappa shape index (κ2) is 4.74. The van der Waals surface area contributed by atoms with Crippen LogP contribution in [-0.4, -0.2) is 0 Å². The van der Waals surface area contributed by atoms with Gasteiger partial charge in [-0.2, -0.15) is 0 Å². The van der Waals surface area contributed by atoms with Crippen LogP contribution in [0.15, 0.2) is 54.6 Å². The Balaban J connectivity index is 2.24. The van der Waals surface area contributed by atoms with Gasteiger partial charge < -0.3 is 0 Å². The predicted molar refractivity (Wildman–Crippen MR) is 56.9 cm³/mol. The molecule has 14 heavy (non-hydrogen) atoms. The first-order valence-electron chi connectivity index (χ1n) is 4.95. The third-order valence-corrected chi connectivity index (χ3v) is 10.5. The van der Waals surface area contributed by atoms with Crippen molar-refractivity contribution < 1.29 is 24.6 Å². The number of hydrogen-bond acceptors (Lipinski definition) is 0. The maximum absolute atomic E-state index is 2.30. The van der Waals surface area contributed by atoms with Crippen LogP contribution < -0.4 is 6.14 Å². The minimum absolute atomic E-state index is 1.04. The molecule has 0 nitrogen and oxygen atoms in total. The standard InChI is InChI=1S/C7H7.C6H5.Hg/c1-7-5-3-2-4-6-7;1-2-4-6-5-3-1;/h2-5H,1H3;1-5H;. The van der Waals surface area contributed by atoms with Gasteiger partial charge in [-0.3, -0.25) is 0 Å². The van der Waals surface area contributed by atoms with Crippen LogP contribution in [0.5, 0.6) is 0 Å². The van der Waals surface area contributed by atoms with E-state index in [1.807, 2.05) is 0 Å². The van der Waals surface area contributed by atoms with Crippen LogP contribution in [0.1, 0.15) is 5.56 Å². The molecule has 66 valence electrons. The summed E-state index contributed by atoms with van der Waals surface area (Å²) in [5, 5.41) is 0. The average molecular weight is 369 g/mol. The third-order valence-electron chi connectivity index (χ3n) is 2.50. The van der Waals surface area contributed by atoms with Crippen LogP contribution in [0, 0.1) is 6.92 Å². The van der Waals surface area contributed by atoms with Gasteiger partial charge >= 0.3 is 97.8 Å². The van der Waals surface area contributed by atoms with Gasteiger partial charge in [0.25, 0.3) is 0 Å². The van der Waals surface area contributed by atoms with Gasteiger partial charge in [0.15, 0.2) is 0 Å². The van der Waals surface area contributed by atoms with Crippen LogP contribution >= 0.6 is 0 Å². The Kier molecular flexibility index (Phi) is 3.36. The van der Waals surface area contributed by atoms with Crippen molar-refractivity contribution in [1.82, 2.24) is 0 Å². The first kappa shape index (κ1) is 9.91. The molecule has 0 radical (unpaired) electrons. The van der Waals surface area contributed by atoms with Crippen molar-refractivity contribution in [2.75, 3.05) is 0 Å². The quantitative estimate of drug-likeness (QED) is 0.712. The molecule has 0 aromatic heterocycles. The zero-order chi connectivity index (χ0) is 9.80. The molecule has 0 fully saturated rings. The summed E-state index contributed by atoms with van der Waals surface area (Å²) in [6.45, 7) is 2.22. The molecule has 1 heteroatoms. The van der Waals surface area contributed by atoms with Gasteiger partial charge in [0.05, 0.1) is 0 Å². The van der Waals surface area contributed by atoms with Gasteiger partial charge in [0.2, 0.25) is 0 Å². The SMILES string of the molecule is Cc1cccc[c]1[Hg][c]1ccccc1. The van der Waals surface area contributed by atoms with Gasteiger partial charge in [0, 0.05) is 0 Å². The molecule has 0 aliphatic carbocycles. The van der Waals surface area contributed by atoms with Gasteiger partial charge in [-0.1, -0.05) is 0 Å². The van der Waals surface area contributed by atoms with E-state index < -0.39 is 24.6 Å². The summed E-state index contributed by atoms with van der Waals surface area (Å²) in [6.07, 6.45) is 0. The fourth-order valence-electron chi connectivity index (χ4n) is 1.62. The molecular formula is C13H12Hg. The van der Waals surface area contributed by atoms with Gasteiger partial charge in [0.1, 0.15) is 0 Å². The van der Waals surface area contributed by atoms with Crippen LogP contribution in [0.25, 0.3) is 0 Å². The van der Waals surface area contributed by atoms with Gasteiger partial charge in [-0.05, 0) is 0 Å². The van der Waals surface area contributed by atoms with Crippen molar-refractivity contribution in [1.29, 1.82) is 0 Å². The molecule has 2 aromatic carbocycles. The van der Waals surface area contributed by atoms with Gasteiger partial charge in [-0.15, -0.1) is 0 Å². The normalized spacial score (nSPS) is 9.50. The number of benzene rings is 2. The molecule has 0 aliphatic rings. The monoisotopic (exact) mass is 370 g/mol. The van der Waals surface area contributed by atoms with Crippen molar-refractivity contribution in [2.24, 2.45) is 0 Å². The molecule has 0 saturated heterocycles. The Bertz CT molecular complexity index is 407. The molecule has 2 rings (SSSR count). The zero-order valence-electron chi connectivity index (χ0n) is 8.40. The van der Waals surface area contributed by atoms with E-state index in [0.29, 0.717) is 0 Å². The van der Waals surface area contributed by atoms with Crippen molar-refractivity contribution >= 4 is 6.14 Å². The van der Waals surface area contributed by atoms with Gasteiger partial charge in [-0.25, -0.2) is 0 Å². The molecule has 0 aliphatic heterocycles. The second-order valence-electron chi connectivity index (χ2n) is 3.59. The summed E-state index contributed by atoms with van der Waals surface area (Å²) in [6, 6.07) is 19.7. The van der Waals surface area contributed by atoms with Crippen LogP contribution in [0.3, 0.4) is 0 Å². The Labute approximate surface area is 97.4 Å². The maximum atomic E-state index is 2.30. The number of hydrogen-bond donors (Lipinski definition) is 0. The van der Waals surface area contributed by atoms with Crippen LogP contribution in [0.2, 0.25) is 0 Å². The Hall–Kier alpha value is -0.625. The second-order valence-corrected chi connectivity index (χ2v) is 11.1. The number of rotatable bonds is 2. The summed E-state index contributed by atoms with van der Waals surface area (Å²) < 4.78 is 3.24. The summed E-state index contributed by atoms with van der Waals surface area (Å²) in [5.74, 6) is 0. The van der Waals surface area contributed by atoms with Crippen molar-refractivity contribution in [3.8, 4) is 0 Å². The first-order chi connectivity index (χ1) is 6.86. The van der Waals surface area contributed by atoms with E-state index in [1.165, 1.54) is 5.56 Å². The third kappa shape index (κ3) is 2.45. The molecule has 0 spiro atoms. The fraction of sp³-hybridized carbons (Fsp3) is 0.0769. The molecule has 0 unspecified atom stereocenters. The first-order valence-corrected chi connectivity index (χ1v) is 10.4. The van der Waals surface area contributed by atoms with E-state index in [9.17, 15) is 0 Å². The topological polar surface area (TPSA) is 0 Å². The van der Waals surface area contributed by atoms with Crippen LogP contribution in [-0.2, 0) is 24.6 Å². The molecule has 0 N–H and O–H groups in total.